The molecule has 6 nitrogen and oxygen atoms in total. The van der Waals surface area contributed by atoms with Crippen molar-refractivity contribution in [3.63, 3.8) is 0 Å². The van der Waals surface area contributed by atoms with Gasteiger partial charge in [0.1, 0.15) is 11.0 Å². The van der Waals surface area contributed by atoms with Crippen LogP contribution in [-0.4, -0.2) is 29.9 Å². The molecule has 2 aliphatic carbocycles. The highest BCUT2D eigenvalue weighted by atomic mass is 15.5. The molecule has 8 aromatic carbocycles. The maximum atomic E-state index is 5.27. The Morgan fingerprint density at radius 1 is 0.407 bits per heavy atom. The van der Waals surface area contributed by atoms with Gasteiger partial charge in [-0.15, -0.1) is 10.2 Å². The number of rotatable bonds is 4. The van der Waals surface area contributed by atoms with E-state index < -0.39 is 0 Å². The number of para-hydroxylation sites is 1. The Balaban J connectivity index is 1.03. The van der Waals surface area contributed by atoms with Crippen LogP contribution in [0.4, 0.5) is 0 Å². The molecule has 0 unspecified atom stereocenters. The molecule has 0 saturated heterocycles. The lowest BCUT2D eigenvalue weighted by molar-refractivity contribution is 0.660. The Labute approximate surface area is 341 Å². The van der Waals surface area contributed by atoms with Crippen molar-refractivity contribution in [2.75, 3.05) is 0 Å². The van der Waals surface area contributed by atoms with Crippen LogP contribution in [-0.2, 0) is 10.8 Å². The Morgan fingerprint density at radius 3 is 1.51 bits per heavy atom. The average molecular weight is 759 g/mol. The van der Waals surface area contributed by atoms with E-state index in [2.05, 4.69) is 155 Å². The molecule has 12 rings (SSSR count). The first-order valence-electron chi connectivity index (χ1n) is 20.3. The van der Waals surface area contributed by atoms with E-state index in [1.807, 2.05) is 30.3 Å². The molecule has 10 aromatic rings. The standard InChI is InChI=1S/C53H38N6/c1-52(2)42-16-10-8-14-38(42)40-25-21-34(29-44(40)52)50-54-49(55-51(56-50)35-22-26-41-39-15-9-11-17-43(39)53(3,4)45(41)30-35)33-20-24-37-32(28-33)19-18-31-23-27-46-48(47(31)37)58-59(57-46)36-12-6-5-7-13-36/h5-30H,1-4H3. The Bertz CT molecular complexity index is 3270. The van der Waals surface area contributed by atoms with Gasteiger partial charge in [0.05, 0.1) is 5.69 Å². The van der Waals surface area contributed by atoms with Crippen molar-refractivity contribution in [1.29, 1.82) is 0 Å². The quantitative estimate of drug-likeness (QED) is 0.167. The van der Waals surface area contributed by atoms with Crippen LogP contribution < -0.4 is 0 Å². The van der Waals surface area contributed by atoms with E-state index in [0.717, 1.165) is 55.0 Å². The van der Waals surface area contributed by atoms with Gasteiger partial charge in [0, 0.05) is 32.9 Å². The fourth-order valence-electron chi connectivity index (χ4n) is 9.79. The molecule has 2 aliphatic rings. The Hall–Kier alpha value is -7.31. The smallest absolute Gasteiger partial charge is 0.164 e. The van der Waals surface area contributed by atoms with Crippen molar-refractivity contribution in [1.82, 2.24) is 29.9 Å². The van der Waals surface area contributed by atoms with Crippen LogP contribution in [0.1, 0.15) is 49.9 Å². The summed E-state index contributed by atoms with van der Waals surface area (Å²) < 4.78 is 0. The zero-order chi connectivity index (χ0) is 39.6. The first-order valence-corrected chi connectivity index (χ1v) is 20.3. The number of fused-ring (bicyclic) bond motifs is 11. The summed E-state index contributed by atoms with van der Waals surface area (Å²) in [6.07, 6.45) is 0. The first kappa shape index (κ1) is 33.8. The third-order valence-corrected chi connectivity index (χ3v) is 12.9. The van der Waals surface area contributed by atoms with Crippen LogP contribution in [0.15, 0.2) is 158 Å². The summed E-state index contributed by atoms with van der Waals surface area (Å²) in [6, 6.07) is 56.0. The van der Waals surface area contributed by atoms with Crippen LogP contribution in [0.3, 0.4) is 0 Å². The van der Waals surface area contributed by atoms with Gasteiger partial charge in [-0.25, -0.2) is 15.0 Å². The van der Waals surface area contributed by atoms with Gasteiger partial charge in [-0.3, -0.25) is 0 Å². The molecule has 0 saturated carbocycles. The normalized spacial score (nSPS) is 14.4. The molecule has 0 atom stereocenters. The third kappa shape index (κ3) is 4.96. The molecule has 2 aromatic heterocycles. The fraction of sp³-hybridized carbons (Fsp3) is 0.113. The summed E-state index contributed by atoms with van der Waals surface area (Å²) in [5.41, 5.74) is 15.6. The molecular formula is C53H38N6. The van der Waals surface area contributed by atoms with Crippen molar-refractivity contribution in [3.8, 4) is 62.1 Å². The van der Waals surface area contributed by atoms with Crippen LogP contribution in [0.25, 0.3) is 94.7 Å². The summed E-state index contributed by atoms with van der Waals surface area (Å²) in [5, 5.41) is 14.2. The Kier molecular flexibility index (Phi) is 6.93. The van der Waals surface area contributed by atoms with Crippen molar-refractivity contribution in [2.24, 2.45) is 0 Å². The number of hydrogen-bond acceptors (Lipinski definition) is 5. The minimum absolute atomic E-state index is 0.153. The molecule has 0 radical (unpaired) electrons. The summed E-state index contributed by atoms with van der Waals surface area (Å²) in [7, 11) is 0. The first-order chi connectivity index (χ1) is 28.7. The molecule has 0 spiro atoms. The Morgan fingerprint density at radius 2 is 0.898 bits per heavy atom. The topological polar surface area (TPSA) is 69.4 Å². The van der Waals surface area contributed by atoms with Gasteiger partial charge in [0.25, 0.3) is 0 Å². The zero-order valence-corrected chi connectivity index (χ0v) is 33.2. The highest BCUT2D eigenvalue weighted by molar-refractivity contribution is 6.18. The van der Waals surface area contributed by atoms with E-state index in [0.29, 0.717) is 17.5 Å². The van der Waals surface area contributed by atoms with Gasteiger partial charge in [0.15, 0.2) is 17.5 Å². The second kappa shape index (κ2) is 12.1. The van der Waals surface area contributed by atoms with E-state index in [1.54, 1.807) is 4.80 Å². The SMILES string of the molecule is CC1(C)c2ccccc2-c2ccc(-c3nc(-c4ccc5c(c4)C(C)(C)c4ccccc4-5)nc(-c4ccc5c(ccc6ccc7nn(-c8ccccc8)nc7c65)c4)n3)cc21. The molecule has 0 aliphatic heterocycles. The summed E-state index contributed by atoms with van der Waals surface area (Å²) in [5.74, 6) is 1.94. The van der Waals surface area contributed by atoms with Crippen LogP contribution in [0, 0.1) is 0 Å². The van der Waals surface area contributed by atoms with E-state index >= 15 is 0 Å². The fourth-order valence-corrected chi connectivity index (χ4v) is 9.79. The van der Waals surface area contributed by atoms with Crippen LogP contribution >= 0.6 is 0 Å². The monoisotopic (exact) mass is 758 g/mol. The van der Waals surface area contributed by atoms with Crippen molar-refractivity contribution in [3.05, 3.63) is 180 Å². The van der Waals surface area contributed by atoms with E-state index in [1.165, 1.54) is 44.5 Å². The lowest BCUT2D eigenvalue weighted by Gasteiger charge is -2.22. The highest BCUT2D eigenvalue weighted by Gasteiger charge is 2.37. The summed E-state index contributed by atoms with van der Waals surface area (Å²) in [4.78, 5) is 17.5. The number of benzene rings is 8. The number of hydrogen-bond donors (Lipinski definition) is 0. The number of nitrogens with zero attached hydrogens (tertiary/aromatic N) is 6. The second-order valence-electron chi connectivity index (χ2n) is 17.0. The summed E-state index contributed by atoms with van der Waals surface area (Å²) in [6.45, 7) is 9.24. The van der Waals surface area contributed by atoms with Crippen molar-refractivity contribution < 1.29 is 0 Å². The van der Waals surface area contributed by atoms with Crippen molar-refractivity contribution >= 4 is 32.6 Å². The largest absolute Gasteiger partial charge is 0.208 e. The van der Waals surface area contributed by atoms with Gasteiger partial charge < -0.3 is 0 Å². The second-order valence-corrected chi connectivity index (χ2v) is 17.0. The van der Waals surface area contributed by atoms with Crippen LogP contribution in [0.2, 0.25) is 0 Å². The van der Waals surface area contributed by atoms with E-state index in [9.17, 15) is 0 Å². The minimum Gasteiger partial charge on any atom is -0.208 e. The molecule has 280 valence electrons. The van der Waals surface area contributed by atoms with Crippen molar-refractivity contribution in [2.45, 2.75) is 38.5 Å². The number of aromatic nitrogens is 6. The molecular weight excluding hydrogens is 721 g/mol. The molecule has 6 heteroatoms. The molecule has 59 heavy (non-hydrogen) atoms. The maximum Gasteiger partial charge on any atom is 0.164 e. The molecule has 0 amide bonds. The predicted molar refractivity (Wildman–Crippen MR) is 239 cm³/mol. The predicted octanol–water partition coefficient (Wildman–Crippen LogP) is 12.5. The van der Waals surface area contributed by atoms with E-state index in [-0.39, 0.29) is 10.8 Å². The van der Waals surface area contributed by atoms with Gasteiger partial charge >= 0.3 is 0 Å². The average Bonchev–Trinajstić information content (AvgIpc) is 3.89. The van der Waals surface area contributed by atoms with Gasteiger partial charge in [-0.2, -0.15) is 4.80 Å². The minimum atomic E-state index is -0.153. The van der Waals surface area contributed by atoms with Crippen LogP contribution in [0.5, 0.6) is 0 Å². The van der Waals surface area contributed by atoms with Gasteiger partial charge in [-0.1, -0.05) is 149 Å². The summed E-state index contributed by atoms with van der Waals surface area (Å²) >= 11 is 0. The molecule has 0 N–H and O–H groups in total. The molecule has 0 bridgehead atoms. The van der Waals surface area contributed by atoms with Gasteiger partial charge in [0.2, 0.25) is 0 Å². The van der Waals surface area contributed by atoms with E-state index in [4.69, 9.17) is 25.1 Å². The molecule has 0 fully saturated rings. The lowest BCUT2D eigenvalue weighted by Crippen LogP contribution is -2.15. The van der Waals surface area contributed by atoms with Gasteiger partial charge in [-0.05, 0) is 97.1 Å². The third-order valence-electron chi connectivity index (χ3n) is 12.9. The lowest BCUT2D eigenvalue weighted by atomic mass is 9.82. The molecule has 2 heterocycles. The highest BCUT2D eigenvalue weighted by Crippen LogP contribution is 2.51. The maximum absolute atomic E-state index is 5.27. The zero-order valence-electron chi connectivity index (χ0n) is 33.2.